The molecule has 0 fully saturated rings. The van der Waals surface area contributed by atoms with Crippen LogP contribution in [0.5, 0.6) is 0 Å². The summed E-state index contributed by atoms with van der Waals surface area (Å²) in [5.41, 5.74) is 0.840. The number of amides is 1. The van der Waals surface area contributed by atoms with Gasteiger partial charge >= 0.3 is 6.18 Å². The number of ether oxygens (including phenoxy) is 1. The number of halogens is 3. The number of alkyl halides is 3. The Balaban J connectivity index is 2.31. The summed E-state index contributed by atoms with van der Waals surface area (Å²) in [6.07, 6.45) is -4.13. The summed E-state index contributed by atoms with van der Waals surface area (Å²) >= 11 is 0. The minimum Gasteiger partial charge on any atom is -0.370 e. The van der Waals surface area contributed by atoms with Crippen molar-refractivity contribution >= 4 is 5.91 Å². The molecule has 1 amide bonds. The maximum absolute atomic E-state index is 11.8. The van der Waals surface area contributed by atoms with Gasteiger partial charge < -0.3 is 10.1 Å². The van der Waals surface area contributed by atoms with Crippen LogP contribution >= 0.6 is 0 Å². The molecule has 21 heavy (non-hydrogen) atoms. The molecule has 1 N–H and O–H groups in total. The summed E-state index contributed by atoms with van der Waals surface area (Å²) < 4.78 is 39.8. The Hall–Kier alpha value is -2.07. The van der Waals surface area contributed by atoms with Crippen molar-refractivity contribution in [1.29, 1.82) is 5.26 Å². The molecule has 114 valence electrons. The quantitative estimate of drug-likeness (QED) is 0.784. The maximum atomic E-state index is 11.8. The highest BCUT2D eigenvalue weighted by Gasteiger charge is 2.27. The van der Waals surface area contributed by atoms with E-state index in [1.54, 1.807) is 24.3 Å². The lowest BCUT2D eigenvalue weighted by Crippen LogP contribution is -2.34. The highest BCUT2D eigenvalue weighted by Crippen LogP contribution is 2.14. The van der Waals surface area contributed by atoms with Gasteiger partial charge in [-0.25, -0.2) is 0 Å². The summed E-state index contributed by atoms with van der Waals surface area (Å²) in [5.74, 6) is -1.40. The van der Waals surface area contributed by atoms with Gasteiger partial charge in [-0.05, 0) is 12.0 Å². The molecule has 1 rings (SSSR count). The first-order chi connectivity index (χ1) is 9.92. The van der Waals surface area contributed by atoms with E-state index in [1.165, 1.54) is 0 Å². The Kier molecular flexibility index (Phi) is 6.69. The van der Waals surface area contributed by atoms with E-state index in [9.17, 15) is 18.0 Å². The predicted octanol–water partition coefficient (Wildman–Crippen LogP) is 2.06. The van der Waals surface area contributed by atoms with Crippen LogP contribution in [0.25, 0.3) is 0 Å². The lowest BCUT2D eigenvalue weighted by atomic mass is 10.00. The van der Waals surface area contributed by atoms with Crippen LogP contribution in [0.15, 0.2) is 30.3 Å². The number of nitriles is 1. The van der Waals surface area contributed by atoms with Crippen molar-refractivity contribution in [3.63, 3.8) is 0 Å². The van der Waals surface area contributed by atoms with Crippen LogP contribution in [0.4, 0.5) is 13.2 Å². The van der Waals surface area contributed by atoms with Crippen LogP contribution in [0, 0.1) is 17.2 Å². The van der Waals surface area contributed by atoms with Gasteiger partial charge in [0.2, 0.25) is 5.91 Å². The summed E-state index contributed by atoms with van der Waals surface area (Å²) in [4.78, 5) is 11.7. The van der Waals surface area contributed by atoms with Gasteiger partial charge in [-0.2, -0.15) is 18.4 Å². The molecule has 0 spiro atoms. The van der Waals surface area contributed by atoms with Gasteiger partial charge in [-0.15, -0.1) is 0 Å². The standard InChI is InChI=1S/C14H15F3N2O2/c15-14(16,17)10-21-7-6-19-13(20)12(9-18)8-11-4-2-1-3-5-11/h1-5,12H,6-8,10H2,(H,19,20). The Morgan fingerprint density at radius 1 is 1.33 bits per heavy atom. The summed E-state index contributed by atoms with van der Waals surface area (Å²) in [6, 6.07) is 10.9. The molecule has 1 aromatic rings. The summed E-state index contributed by atoms with van der Waals surface area (Å²) in [7, 11) is 0. The molecule has 0 saturated carbocycles. The van der Waals surface area contributed by atoms with Crippen LogP contribution in [0.3, 0.4) is 0 Å². The van der Waals surface area contributed by atoms with Gasteiger partial charge in [-0.3, -0.25) is 4.79 Å². The summed E-state index contributed by atoms with van der Waals surface area (Å²) in [6.45, 7) is -1.68. The molecule has 7 heteroatoms. The molecule has 0 bridgehead atoms. The SMILES string of the molecule is N#CC(Cc1ccccc1)C(=O)NCCOCC(F)(F)F. The van der Waals surface area contributed by atoms with Crippen molar-refractivity contribution in [2.24, 2.45) is 5.92 Å². The van der Waals surface area contributed by atoms with Crippen LogP contribution in [0.2, 0.25) is 0 Å². The van der Waals surface area contributed by atoms with E-state index < -0.39 is 24.6 Å². The van der Waals surface area contributed by atoms with Crippen molar-refractivity contribution < 1.29 is 22.7 Å². The van der Waals surface area contributed by atoms with Gasteiger partial charge in [0.1, 0.15) is 12.5 Å². The average Bonchev–Trinajstić information content (AvgIpc) is 2.44. The molecule has 0 heterocycles. The second kappa shape index (κ2) is 8.27. The fraction of sp³-hybridized carbons (Fsp3) is 0.429. The van der Waals surface area contributed by atoms with Crippen molar-refractivity contribution in [2.45, 2.75) is 12.6 Å². The van der Waals surface area contributed by atoms with Crippen molar-refractivity contribution in [3.05, 3.63) is 35.9 Å². The fourth-order valence-corrected chi connectivity index (χ4v) is 1.60. The van der Waals surface area contributed by atoms with Crippen LogP contribution in [0.1, 0.15) is 5.56 Å². The van der Waals surface area contributed by atoms with Gasteiger partial charge in [0.15, 0.2) is 0 Å². The van der Waals surface area contributed by atoms with E-state index in [-0.39, 0.29) is 19.6 Å². The van der Waals surface area contributed by atoms with E-state index in [1.807, 2.05) is 12.1 Å². The predicted molar refractivity (Wildman–Crippen MR) is 69.1 cm³/mol. The Morgan fingerprint density at radius 3 is 2.57 bits per heavy atom. The van der Waals surface area contributed by atoms with Crippen molar-refractivity contribution in [2.75, 3.05) is 19.8 Å². The van der Waals surface area contributed by atoms with Crippen LogP contribution in [-0.2, 0) is 16.0 Å². The molecule has 0 aliphatic heterocycles. The third kappa shape index (κ3) is 7.32. The van der Waals surface area contributed by atoms with Crippen LogP contribution < -0.4 is 5.32 Å². The highest BCUT2D eigenvalue weighted by molar-refractivity contribution is 5.81. The molecule has 4 nitrogen and oxygen atoms in total. The second-order valence-corrected chi connectivity index (χ2v) is 4.33. The molecule has 1 unspecified atom stereocenters. The second-order valence-electron chi connectivity index (χ2n) is 4.33. The number of carbonyl (C=O) groups is 1. The minimum absolute atomic E-state index is 0.0676. The monoisotopic (exact) mass is 300 g/mol. The lowest BCUT2D eigenvalue weighted by molar-refractivity contribution is -0.173. The number of hydrogen-bond donors (Lipinski definition) is 1. The third-order valence-electron chi connectivity index (χ3n) is 2.57. The molecule has 1 atom stereocenters. The van der Waals surface area contributed by atoms with Crippen LogP contribution in [-0.4, -0.2) is 31.8 Å². The van der Waals surface area contributed by atoms with E-state index in [0.29, 0.717) is 0 Å². The zero-order valence-electron chi connectivity index (χ0n) is 11.2. The molecular formula is C14H15F3N2O2. The first-order valence-corrected chi connectivity index (χ1v) is 6.28. The largest absolute Gasteiger partial charge is 0.411 e. The molecule has 0 aliphatic carbocycles. The number of nitrogens with one attached hydrogen (secondary N) is 1. The number of rotatable bonds is 7. The number of benzene rings is 1. The van der Waals surface area contributed by atoms with E-state index in [4.69, 9.17) is 5.26 Å². The highest BCUT2D eigenvalue weighted by atomic mass is 19.4. The first kappa shape index (κ1) is 17.0. The van der Waals surface area contributed by atoms with Gasteiger partial charge in [0, 0.05) is 6.54 Å². The van der Waals surface area contributed by atoms with Gasteiger partial charge in [0.05, 0.1) is 12.7 Å². The number of hydrogen-bond acceptors (Lipinski definition) is 3. The van der Waals surface area contributed by atoms with Gasteiger partial charge in [0.25, 0.3) is 0 Å². The molecule has 0 radical (unpaired) electrons. The molecule has 0 saturated heterocycles. The van der Waals surface area contributed by atoms with Gasteiger partial charge in [-0.1, -0.05) is 30.3 Å². The molecule has 0 aliphatic rings. The van der Waals surface area contributed by atoms with E-state index >= 15 is 0 Å². The molecular weight excluding hydrogens is 285 g/mol. The average molecular weight is 300 g/mol. The van der Waals surface area contributed by atoms with Crippen molar-refractivity contribution in [1.82, 2.24) is 5.32 Å². The Bertz CT molecular complexity index is 483. The minimum atomic E-state index is -4.38. The zero-order valence-corrected chi connectivity index (χ0v) is 11.2. The Morgan fingerprint density at radius 2 is 2.00 bits per heavy atom. The fourth-order valence-electron chi connectivity index (χ4n) is 1.60. The van der Waals surface area contributed by atoms with Crippen molar-refractivity contribution in [3.8, 4) is 6.07 Å². The maximum Gasteiger partial charge on any atom is 0.411 e. The third-order valence-corrected chi connectivity index (χ3v) is 2.57. The molecule has 0 aromatic heterocycles. The summed E-state index contributed by atoms with van der Waals surface area (Å²) in [5, 5.41) is 11.4. The Labute approximate surface area is 120 Å². The van der Waals surface area contributed by atoms with E-state index in [0.717, 1.165) is 5.56 Å². The smallest absolute Gasteiger partial charge is 0.370 e. The topological polar surface area (TPSA) is 62.1 Å². The number of nitrogens with zero attached hydrogens (tertiary/aromatic N) is 1. The van der Waals surface area contributed by atoms with E-state index in [2.05, 4.69) is 10.1 Å². The molecule has 1 aromatic carbocycles. The number of carbonyl (C=O) groups excluding carboxylic acids is 1. The normalized spacial score (nSPS) is 12.5. The first-order valence-electron chi connectivity index (χ1n) is 6.28. The zero-order chi connectivity index (χ0) is 15.7. The lowest BCUT2D eigenvalue weighted by Gasteiger charge is -2.11.